The molecule has 11 aromatic rings. The van der Waals surface area contributed by atoms with Crippen LogP contribution in [0.15, 0.2) is 153 Å². The van der Waals surface area contributed by atoms with Gasteiger partial charge in [0.05, 0.1) is 58.6 Å². The fourth-order valence-corrected chi connectivity index (χ4v) is 14.9. The third-order valence-electron chi connectivity index (χ3n) is 18.7. The van der Waals surface area contributed by atoms with Crippen LogP contribution >= 0.6 is 71.5 Å². The van der Waals surface area contributed by atoms with Crippen molar-refractivity contribution in [3.05, 3.63) is 191 Å². The Hall–Kier alpha value is -6.64. The van der Waals surface area contributed by atoms with Crippen molar-refractivity contribution in [3.63, 3.8) is 0 Å². The van der Waals surface area contributed by atoms with Crippen LogP contribution in [0, 0.1) is 5.41 Å². The van der Waals surface area contributed by atoms with Gasteiger partial charge >= 0.3 is 5.97 Å². The highest BCUT2D eigenvalue weighted by molar-refractivity contribution is 9.11. The van der Waals surface area contributed by atoms with Gasteiger partial charge in [0.25, 0.3) is 0 Å². The first-order chi connectivity index (χ1) is 48.3. The van der Waals surface area contributed by atoms with E-state index in [-0.39, 0.29) is 24.7 Å². The number of rotatable bonds is 21. The van der Waals surface area contributed by atoms with E-state index in [1.165, 1.54) is 91.7 Å². The molecule has 100 heavy (non-hydrogen) atoms. The van der Waals surface area contributed by atoms with Crippen molar-refractivity contribution in [1.82, 2.24) is 44.5 Å². The number of thiophene rings is 1. The number of aromatic nitrogens is 5. The third-order valence-corrected chi connectivity index (χ3v) is 21.1. The number of hydrogen-bond acceptors (Lipinski definition) is 12. The van der Waals surface area contributed by atoms with E-state index in [0.717, 1.165) is 177 Å². The average molecular weight is 1590 g/mol. The van der Waals surface area contributed by atoms with Crippen molar-refractivity contribution in [2.75, 3.05) is 131 Å². The lowest BCUT2D eigenvalue weighted by Gasteiger charge is -2.26. The molecule has 4 saturated heterocycles. The smallest absolute Gasteiger partial charge is 0.303 e. The van der Waals surface area contributed by atoms with Gasteiger partial charge in [0.1, 0.15) is 0 Å². The molecule has 23 heteroatoms. The molecule has 4 aliphatic rings. The number of carboxylic acids is 1. The summed E-state index contributed by atoms with van der Waals surface area (Å²) in [7, 11) is 0. The molecule has 18 nitrogen and oxygen atoms in total. The van der Waals surface area contributed by atoms with Crippen molar-refractivity contribution in [3.8, 4) is 0 Å². The van der Waals surface area contributed by atoms with Gasteiger partial charge < -0.3 is 65.0 Å². The topological polar surface area (TPSA) is 233 Å². The van der Waals surface area contributed by atoms with Crippen LogP contribution in [0.5, 0.6) is 0 Å². The highest BCUT2D eigenvalue weighted by atomic mass is 79.9. The van der Waals surface area contributed by atoms with Crippen molar-refractivity contribution >= 4 is 149 Å². The second kappa shape index (κ2) is 39.1. The zero-order valence-electron chi connectivity index (χ0n) is 56.7. The van der Waals surface area contributed by atoms with E-state index in [9.17, 15) is 9.59 Å². The van der Waals surface area contributed by atoms with Gasteiger partial charge in [0.15, 0.2) is 0 Å². The Kier molecular flexibility index (Phi) is 29.7. The molecular weight excluding hydrogens is 1500 g/mol. The minimum atomic E-state index is -0.764. The maximum absolute atomic E-state index is 12.1. The summed E-state index contributed by atoms with van der Waals surface area (Å²) in [5.74, 6) is -0.544. The summed E-state index contributed by atoms with van der Waals surface area (Å²) in [5.41, 5.74) is 20.8. The first-order valence-corrected chi connectivity index (χ1v) is 37.9. The number of nitrogens with one attached hydrogen (secondary N) is 6. The number of aliphatic carboxylic acids is 1. The van der Waals surface area contributed by atoms with Gasteiger partial charge in [0.2, 0.25) is 5.91 Å². The summed E-state index contributed by atoms with van der Waals surface area (Å²) in [6.45, 7) is 17.9. The number of morpholine rings is 4. The predicted molar refractivity (Wildman–Crippen MR) is 420 cm³/mol. The number of H-pyrrole nitrogens is 5. The van der Waals surface area contributed by atoms with E-state index < -0.39 is 5.97 Å². The summed E-state index contributed by atoms with van der Waals surface area (Å²) in [5, 5.41) is 25.2. The number of benzene rings is 5. The van der Waals surface area contributed by atoms with Gasteiger partial charge in [0, 0.05) is 181 Å². The molecule has 0 spiro atoms. The number of carbonyl (C=O) groups is 2. The fraction of sp³-hybridized carbons (Fsp3) is 0.390. The molecule has 10 heterocycles. The second-order valence-corrected chi connectivity index (χ2v) is 29.2. The standard InChI is InChI=1S/C21H25N3OS.C15H17BrN2O2.C15H19BrN2O.C15H21N3O.C11H10BrNO2.ClH/c22-19(21-4-2-12-26-21)14-16-5-6-20-18(13-16)17(15-23-20)3-1-7-24-8-10-25-11-9-24;16-12-2-3-14-13(9-12)11(10-17-14)1-4-15(19)18-5-7-20-8-6-18;2*16-13-3-4-15-14(10-13)12(11-17-15)2-1-5-18-6-8-19-9-7-18;12-8-2-3-10-9(5-8)7(6-13-10)1-4-11(14)15;/h2,4-6,12-13,15,22-23H,1,3,7-11,14H2;2-3,9-10,17H,1,4-8H2;3-4,10-11,17H,1-2,5-9H2;3-4,10-11,17H,1-2,5-9,16H2;2-3,5-6,13H,1,4H2,(H,14,15);1H. The summed E-state index contributed by atoms with van der Waals surface area (Å²) < 4.78 is 24.6. The zero-order valence-corrected chi connectivity index (χ0v) is 63.1. The van der Waals surface area contributed by atoms with Gasteiger partial charge in [-0.3, -0.25) is 24.3 Å². The van der Waals surface area contributed by atoms with Crippen molar-refractivity contribution in [2.24, 2.45) is 0 Å². The van der Waals surface area contributed by atoms with Crippen LogP contribution in [0.25, 0.3) is 54.5 Å². The van der Waals surface area contributed by atoms with Gasteiger partial charge in [-0.05, 0) is 201 Å². The molecule has 0 atom stereocenters. The Morgan fingerprint density at radius 1 is 0.470 bits per heavy atom. The number of fused-ring (bicyclic) bond motifs is 5. The molecule has 0 bridgehead atoms. The largest absolute Gasteiger partial charge is 0.481 e. The number of anilines is 1. The molecule has 5 aromatic carbocycles. The Labute approximate surface area is 620 Å². The minimum absolute atomic E-state index is 0. The Morgan fingerprint density at radius 3 is 1.23 bits per heavy atom. The first-order valence-electron chi connectivity index (χ1n) is 34.7. The maximum atomic E-state index is 12.1. The Bertz CT molecular complexity index is 4250. The van der Waals surface area contributed by atoms with Crippen molar-refractivity contribution in [2.45, 2.75) is 70.6 Å². The molecule has 6 aromatic heterocycles. The van der Waals surface area contributed by atoms with Gasteiger partial charge in [-0.15, -0.1) is 23.7 Å². The number of amides is 1. The fourth-order valence-electron chi connectivity index (χ4n) is 13.2. The van der Waals surface area contributed by atoms with Gasteiger partial charge in [-0.1, -0.05) is 59.9 Å². The molecule has 0 aliphatic carbocycles. The molecule has 0 radical (unpaired) electrons. The Morgan fingerprint density at radius 2 is 0.830 bits per heavy atom. The van der Waals surface area contributed by atoms with E-state index >= 15 is 0 Å². The van der Waals surface area contributed by atoms with Crippen LogP contribution < -0.4 is 5.73 Å². The molecule has 9 N–H and O–H groups in total. The normalized spacial score (nSPS) is 15.3. The SMILES string of the molecule is Brc1ccc2[nH]cc(CCCN3CCOCC3)c2c1.Cl.N=C(Cc1ccc2[nH]cc(CCCN3CCOCC3)c2c1)c1cccs1.Nc1ccc2[nH]cc(CCCN3CCOCC3)c2c1.O=C(CCc1c[nH]c2ccc(Br)cc12)N1CCOCC1.O=C(O)CCc1c[nH]c2ccc(Br)cc12. The van der Waals surface area contributed by atoms with Gasteiger partial charge in [-0.25, -0.2) is 0 Å². The molecule has 15 rings (SSSR count). The van der Waals surface area contributed by atoms with Crippen LogP contribution in [-0.4, -0.2) is 192 Å². The first kappa shape index (κ1) is 76.0. The number of aryl methyl sites for hydroxylation is 5. The van der Waals surface area contributed by atoms with Crippen molar-refractivity contribution in [1.29, 1.82) is 5.41 Å². The molecule has 532 valence electrons. The van der Waals surface area contributed by atoms with Crippen LogP contribution in [0.4, 0.5) is 5.69 Å². The lowest BCUT2D eigenvalue weighted by molar-refractivity contribution is -0.137. The number of nitrogen functional groups attached to an aromatic ring is 1. The number of hydrogen-bond donors (Lipinski definition) is 8. The lowest BCUT2D eigenvalue weighted by Crippen LogP contribution is -2.40. The summed E-state index contributed by atoms with van der Waals surface area (Å²) >= 11 is 12.1. The van der Waals surface area contributed by atoms with E-state index in [0.29, 0.717) is 38.2 Å². The maximum Gasteiger partial charge on any atom is 0.303 e. The number of nitrogens with two attached hydrogens (primary N) is 1. The summed E-state index contributed by atoms with van der Waals surface area (Å²) in [6, 6.07) is 35.2. The average Bonchev–Trinajstić information content (AvgIpc) is 1.74. The number of carboxylic acid groups (broad SMARTS) is 1. The molecule has 1 amide bonds. The summed E-state index contributed by atoms with van der Waals surface area (Å²) in [6.07, 6.45) is 19.9. The Balaban J connectivity index is 0.000000136. The minimum Gasteiger partial charge on any atom is -0.481 e. The van der Waals surface area contributed by atoms with E-state index in [1.54, 1.807) is 11.3 Å². The lowest BCUT2D eigenvalue weighted by atomic mass is 10.0. The number of halogens is 4. The van der Waals surface area contributed by atoms with Crippen LogP contribution in [0.3, 0.4) is 0 Å². The highest BCUT2D eigenvalue weighted by Crippen LogP contribution is 2.29. The third kappa shape index (κ3) is 22.4. The molecular formula is C77H93Br3ClN11O7S. The zero-order chi connectivity index (χ0) is 68.7. The van der Waals surface area contributed by atoms with E-state index in [2.05, 4.69) is 161 Å². The number of carbonyl (C=O) groups excluding carboxylic acids is 1. The van der Waals surface area contributed by atoms with E-state index in [4.69, 9.17) is 35.2 Å². The van der Waals surface area contributed by atoms with Gasteiger partial charge in [-0.2, -0.15) is 0 Å². The molecule has 0 saturated carbocycles. The molecule has 4 aliphatic heterocycles. The number of nitrogens with zero attached hydrogens (tertiary/aromatic N) is 4. The van der Waals surface area contributed by atoms with Crippen molar-refractivity contribution < 1.29 is 33.6 Å². The quantitative estimate of drug-likeness (QED) is 0.0249. The molecule has 4 fully saturated rings. The van der Waals surface area contributed by atoms with Crippen LogP contribution in [0.1, 0.15) is 70.4 Å². The van der Waals surface area contributed by atoms with Crippen LogP contribution in [-0.2, 0) is 67.1 Å². The van der Waals surface area contributed by atoms with Crippen LogP contribution in [0.2, 0.25) is 0 Å². The monoisotopic (exact) mass is 1590 g/mol. The number of ether oxygens (including phenoxy) is 4. The highest BCUT2D eigenvalue weighted by Gasteiger charge is 2.19. The predicted octanol–water partition coefficient (Wildman–Crippen LogP) is 15.4. The van der Waals surface area contributed by atoms with E-state index in [1.807, 2.05) is 71.2 Å². The molecule has 0 unspecified atom stereocenters. The number of aromatic amines is 5. The second-order valence-electron chi connectivity index (χ2n) is 25.5. The summed E-state index contributed by atoms with van der Waals surface area (Å²) in [4.78, 5) is 49.5.